The number of halogens is 7. The molecule has 5 aromatic rings. The van der Waals surface area contributed by atoms with E-state index >= 15 is 0 Å². The second kappa shape index (κ2) is 11.6. The zero-order valence-electron chi connectivity index (χ0n) is 21.6. The minimum Gasteiger partial charge on any atom is -0.396 e. The predicted octanol–water partition coefficient (Wildman–Crippen LogP) is 6.50. The largest absolute Gasteiger partial charge is 0.416 e. The van der Waals surface area contributed by atoms with Gasteiger partial charge in [0.1, 0.15) is 5.69 Å². The Kier molecular flexibility index (Phi) is 8.08. The molecule has 43 heavy (non-hydrogen) atoms. The summed E-state index contributed by atoms with van der Waals surface area (Å²) in [5, 5.41) is 21.6. The van der Waals surface area contributed by atoms with E-state index in [4.69, 9.17) is 16.1 Å². The summed E-state index contributed by atoms with van der Waals surface area (Å²) >= 11 is 6.33. The van der Waals surface area contributed by atoms with Gasteiger partial charge in [0.05, 0.1) is 34.0 Å². The van der Waals surface area contributed by atoms with E-state index in [2.05, 4.69) is 20.5 Å². The van der Waals surface area contributed by atoms with Gasteiger partial charge in [-0.15, -0.1) is 5.10 Å². The highest BCUT2D eigenvalue weighted by Crippen LogP contribution is 2.38. The summed E-state index contributed by atoms with van der Waals surface area (Å²) in [6.45, 7) is -1.00. The van der Waals surface area contributed by atoms with Crippen LogP contribution in [0, 0.1) is 0 Å². The topological polar surface area (TPSA) is 107 Å². The van der Waals surface area contributed by atoms with Gasteiger partial charge in [-0.3, -0.25) is 9.78 Å². The van der Waals surface area contributed by atoms with E-state index in [0.29, 0.717) is 17.7 Å². The first kappa shape index (κ1) is 29.9. The average Bonchev–Trinajstić information content (AvgIpc) is 3.57. The maximum atomic E-state index is 14.1. The summed E-state index contributed by atoms with van der Waals surface area (Å²) in [6.07, 6.45) is -7.45. The molecule has 0 saturated heterocycles. The molecule has 0 radical (unpaired) electrons. The van der Waals surface area contributed by atoms with E-state index in [9.17, 15) is 36.2 Å². The number of hydrogen-bond acceptors (Lipinski definition) is 7. The molecule has 2 aromatic carbocycles. The van der Waals surface area contributed by atoms with Crippen LogP contribution in [0.2, 0.25) is 5.02 Å². The SMILES string of the molecule is O=C(c1nnn(Cc2cc(C(F)(F)F)cc(C(F)(F)F)c2)c1-c1cccnc1)c1c(CCO)noc1-c1ccccc1Cl. The van der Waals surface area contributed by atoms with Gasteiger partial charge in [-0.05, 0) is 48.0 Å². The van der Waals surface area contributed by atoms with Crippen LogP contribution in [-0.4, -0.2) is 42.6 Å². The Morgan fingerprint density at radius 2 is 1.67 bits per heavy atom. The monoisotopic (exact) mass is 621 g/mol. The molecule has 0 atom stereocenters. The van der Waals surface area contributed by atoms with Crippen molar-refractivity contribution < 1.29 is 40.8 Å². The molecule has 3 aromatic heterocycles. The van der Waals surface area contributed by atoms with Crippen LogP contribution in [0.1, 0.15) is 38.4 Å². The molecule has 0 spiro atoms. The summed E-state index contributed by atoms with van der Waals surface area (Å²) in [5.41, 5.74) is -3.21. The van der Waals surface area contributed by atoms with Crippen LogP contribution in [0.4, 0.5) is 26.3 Å². The van der Waals surface area contributed by atoms with Crippen LogP contribution in [-0.2, 0) is 25.3 Å². The van der Waals surface area contributed by atoms with Crippen molar-refractivity contribution >= 4 is 17.4 Å². The molecule has 1 N–H and O–H groups in total. The number of nitrogens with zero attached hydrogens (tertiary/aromatic N) is 5. The fraction of sp³-hybridized carbons (Fsp3) is 0.179. The lowest BCUT2D eigenvalue weighted by Gasteiger charge is -2.15. The zero-order valence-corrected chi connectivity index (χ0v) is 22.4. The third-order valence-corrected chi connectivity index (χ3v) is 6.65. The molecule has 8 nitrogen and oxygen atoms in total. The lowest BCUT2D eigenvalue weighted by molar-refractivity contribution is -0.143. The highest BCUT2D eigenvalue weighted by molar-refractivity contribution is 6.33. The molecular weight excluding hydrogens is 604 g/mol. The summed E-state index contributed by atoms with van der Waals surface area (Å²) in [4.78, 5) is 18.1. The maximum absolute atomic E-state index is 14.1. The third-order valence-electron chi connectivity index (χ3n) is 6.32. The van der Waals surface area contributed by atoms with E-state index in [-0.39, 0.29) is 57.0 Å². The van der Waals surface area contributed by atoms with Crippen LogP contribution in [0.15, 0.2) is 71.5 Å². The van der Waals surface area contributed by atoms with Crippen LogP contribution in [0.5, 0.6) is 0 Å². The van der Waals surface area contributed by atoms with Gasteiger partial charge in [0, 0.05) is 36.5 Å². The normalized spacial score (nSPS) is 12.1. The van der Waals surface area contributed by atoms with Crippen LogP contribution in [0.3, 0.4) is 0 Å². The zero-order chi connectivity index (χ0) is 30.9. The molecule has 0 aliphatic heterocycles. The molecule has 15 heteroatoms. The first-order chi connectivity index (χ1) is 20.4. The number of carbonyl (C=O) groups is 1. The molecule has 0 fully saturated rings. The van der Waals surface area contributed by atoms with Crippen molar-refractivity contribution in [2.24, 2.45) is 0 Å². The van der Waals surface area contributed by atoms with Crippen LogP contribution >= 0.6 is 11.6 Å². The van der Waals surface area contributed by atoms with Crippen molar-refractivity contribution in [3.63, 3.8) is 0 Å². The smallest absolute Gasteiger partial charge is 0.396 e. The molecule has 0 saturated carbocycles. The molecule has 0 aliphatic carbocycles. The van der Waals surface area contributed by atoms with E-state index in [1.165, 1.54) is 24.5 Å². The highest BCUT2D eigenvalue weighted by atomic mass is 35.5. The van der Waals surface area contributed by atoms with Gasteiger partial charge in [-0.25, -0.2) is 4.68 Å². The van der Waals surface area contributed by atoms with Crippen LogP contribution < -0.4 is 0 Å². The molecule has 0 unspecified atom stereocenters. The van der Waals surface area contributed by atoms with E-state index in [0.717, 1.165) is 4.68 Å². The first-order valence-electron chi connectivity index (χ1n) is 12.4. The lowest BCUT2D eigenvalue weighted by Crippen LogP contribution is -2.14. The molecule has 0 amide bonds. The van der Waals surface area contributed by atoms with Crippen molar-refractivity contribution in [3.05, 3.63) is 106 Å². The van der Waals surface area contributed by atoms with Crippen molar-refractivity contribution in [3.8, 4) is 22.6 Å². The number of alkyl halides is 6. The van der Waals surface area contributed by atoms with Crippen LogP contribution in [0.25, 0.3) is 22.6 Å². The number of aliphatic hydroxyl groups is 1. The van der Waals surface area contributed by atoms with Gasteiger partial charge in [0.15, 0.2) is 11.5 Å². The summed E-state index contributed by atoms with van der Waals surface area (Å²) in [5.74, 6) is -0.817. The Bertz CT molecular complexity index is 1750. The minimum atomic E-state index is -5.06. The lowest BCUT2D eigenvalue weighted by atomic mass is 9.97. The van der Waals surface area contributed by atoms with Crippen molar-refractivity contribution in [2.45, 2.75) is 25.3 Å². The quantitative estimate of drug-likeness (QED) is 0.156. The minimum absolute atomic E-state index is 0.0205. The molecule has 5 rings (SSSR count). The fourth-order valence-electron chi connectivity index (χ4n) is 4.43. The number of aliphatic hydroxyl groups excluding tert-OH is 1. The van der Waals surface area contributed by atoms with Gasteiger partial charge in [0.2, 0.25) is 5.78 Å². The second-order valence-electron chi connectivity index (χ2n) is 9.22. The standard InChI is InChI=1S/C28H18ClF6N5O3/c29-20-6-2-1-5-19(20)26-22(21(7-9-41)38-43-26)25(42)23-24(16-4-3-8-36-13-16)40(39-37-23)14-15-10-17(27(30,31)32)12-18(11-15)28(33,34)35/h1-6,8,10-13,41H,7,9,14H2. The van der Waals surface area contributed by atoms with E-state index < -0.39 is 42.4 Å². The summed E-state index contributed by atoms with van der Waals surface area (Å²) in [6, 6.07) is 10.6. The summed E-state index contributed by atoms with van der Waals surface area (Å²) in [7, 11) is 0. The summed E-state index contributed by atoms with van der Waals surface area (Å²) < 4.78 is 87.4. The van der Waals surface area contributed by atoms with E-state index in [1.807, 2.05) is 0 Å². The van der Waals surface area contributed by atoms with Gasteiger partial charge in [-0.2, -0.15) is 26.3 Å². The Labute approximate surface area is 243 Å². The van der Waals surface area contributed by atoms with Crippen molar-refractivity contribution in [1.82, 2.24) is 25.1 Å². The number of hydrogen-bond donors (Lipinski definition) is 1. The number of rotatable bonds is 8. The average molecular weight is 622 g/mol. The molecule has 222 valence electrons. The molecular formula is C28H18ClF6N5O3. The number of carbonyl (C=O) groups excluding carboxylic acids is 1. The molecule has 0 aliphatic rings. The third kappa shape index (κ3) is 6.15. The highest BCUT2D eigenvalue weighted by Gasteiger charge is 2.37. The molecule has 3 heterocycles. The Morgan fingerprint density at radius 1 is 0.977 bits per heavy atom. The van der Waals surface area contributed by atoms with Crippen molar-refractivity contribution in [1.29, 1.82) is 0 Å². The molecule has 0 bridgehead atoms. The van der Waals surface area contributed by atoms with Gasteiger partial charge < -0.3 is 9.63 Å². The van der Waals surface area contributed by atoms with Crippen molar-refractivity contribution in [2.75, 3.05) is 6.61 Å². The predicted molar refractivity (Wildman–Crippen MR) is 140 cm³/mol. The second-order valence-corrected chi connectivity index (χ2v) is 9.62. The van der Waals surface area contributed by atoms with E-state index in [1.54, 1.807) is 24.3 Å². The Hall–Kier alpha value is -4.56. The number of pyridine rings is 1. The number of benzene rings is 2. The Balaban J connectivity index is 1.67. The van der Waals surface area contributed by atoms with Gasteiger partial charge in [-0.1, -0.05) is 34.1 Å². The van der Waals surface area contributed by atoms with Gasteiger partial charge in [0.25, 0.3) is 0 Å². The maximum Gasteiger partial charge on any atom is 0.416 e. The fourth-order valence-corrected chi connectivity index (χ4v) is 4.65. The Morgan fingerprint density at radius 3 is 2.28 bits per heavy atom. The number of ketones is 1. The van der Waals surface area contributed by atoms with Gasteiger partial charge >= 0.3 is 12.4 Å². The number of aromatic nitrogens is 5. The first-order valence-corrected chi connectivity index (χ1v) is 12.8.